The summed E-state index contributed by atoms with van der Waals surface area (Å²) in [7, 11) is 0. The second kappa shape index (κ2) is 5.51. The van der Waals surface area contributed by atoms with Gasteiger partial charge in [0.25, 0.3) is 0 Å². The van der Waals surface area contributed by atoms with Gasteiger partial charge in [-0.15, -0.1) is 0 Å². The minimum absolute atomic E-state index is 0.0455. The van der Waals surface area contributed by atoms with E-state index in [-0.39, 0.29) is 5.78 Å². The predicted octanol–water partition coefficient (Wildman–Crippen LogP) is 1.49. The molecule has 5 heteroatoms. The number of hydrogen-bond acceptors (Lipinski definition) is 5. The SMILES string of the molecule is CC(=O)c1ccc(C#N)c(N2CCOC(C#N)C2)c1. The van der Waals surface area contributed by atoms with Crippen LogP contribution in [0.25, 0.3) is 0 Å². The van der Waals surface area contributed by atoms with E-state index in [4.69, 9.17) is 15.3 Å². The van der Waals surface area contributed by atoms with Gasteiger partial charge in [0.05, 0.1) is 30.5 Å². The minimum Gasteiger partial charge on any atom is -0.364 e. The highest BCUT2D eigenvalue weighted by atomic mass is 16.5. The van der Waals surface area contributed by atoms with Crippen LogP contribution in [0.1, 0.15) is 22.8 Å². The Labute approximate surface area is 111 Å². The van der Waals surface area contributed by atoms with Crippen molar-refractivity contribution < 1.29 is 9.53 Å². The van der Waals surface area contributed by atoms with Crippen LogP contribution in [-0.4, -0.2) is 31.6 Å². The van der Waals surface area contributed by atoms with Gasteiger partial charge in [0.2, 0.25) is 0 Å². The molecular formula is C14H13N3O2. The lowest BCUT2D eigenvalue weighted by molar-refractivity contribution is 0.0764. The number of morpholine rings is 1. The third-order valence-corrected chi connectivity index (χ3v) is 3.08. The first-order chi connectivity index (χ1) is 9.15. The Kier molecular flexibility index (Phi) is 3.79. The molecule has 1 aromatic carbocycles. The van der Waals surface area contributed by atoms with Crippen molar-refractivity contribution in [3.8, 4) is 12.1 Å². The fourth-order valence-electron chi connectivity index (χ4n) is 2.05. The van der Waals surface area contributed by atoms with Crippen LogP contribution in [0.15, 0.2) is 18.2 Å². The number of ketones is 1. The van der Waals surface area contributed by atoms with Gasteiger partial charge in [-0.05, 0) is 25.1 Å². The third kappa shape index (κ3) is 2.73. The molecule has 0 saturated carbocycles. The van der Waals surface area contributed by atoms with Crippen molar-refractivity contribution in [2.45, 2.75) is 13.0 Å². The average molecular weight is 255 g/mol. The van der Waals surface area contributed by atoms with Gasteiger partial charge >= 0.3 is 0 Å². The monoisotopic (exact) mass is 255 g/mol. The van der Waals surface area contributed by atoms with Crippen molar-refractivity contribution >= 4 is 11.5 Å². The maximum absolute atomic E-state index is 11.4. The van der Waals surface area contributed by atoms with Gasteiger partial charge in [-0.25, -0.2) is 0 Å². The van der Waals surface area contributed by atoms with Crippen LogP contribution in [-0.2, 0) is 4.74 Å². The van der Waals surface area contributed by atoms with Gasteiger partial charge in [-0.2, -0.15) is 10.5 Å². The Morgan fingerprint density at radius 2 is 2.26 bits per heavy atom. The lowest BCUT2D eigenvalue weighted by atomic mass is 10.1. The lowest BCUT2D eigenvalue weighted by Gasteiger charge is -2.32. The van der Waals surface area contributed by atoms with Gasteiger partial charge in [-0.1, -0.05) is 0 Å². The van der Waals surface area contributed by atoms with Crippen molar-refractivity contribution in [1.29, 1.82) is 10.5 Å². The molecule has 1 aromatic rings. The number of ether oxygens (including phenoxy) is 1. The van der Waals surface area contributed by atoms with Crippen LogP contribution in [0, 0.1) is 22.7 Å². The van der Waals surface area contributed by atoms with E-state index in [2.05, 4.69) is 12.1 Å². The largest absolute Gasteiger partial charge is 0.364 e. The number of nitriles is 2. The highest BCUT2D eigenvalue weighted by molar-refractivity contribution is 5.95. The second-order valence-electron chi connectivity index (χ2n) is 4.33. The van der Waals surface area contributed by atoms with Crippen LogP contribution < -0.4 is 4.90 Å². The zero-order valence-corrected chi connectivity index (χ0v) is 10.6. The van der Waals surface area contributed by atoms with E-state index in [0.717, 1.165) is 0 Å². The first-order valence-electron chi connectivity index (χ1n) is 5.97. The fourth-order valence-corrected chi connectivity index (χ4v) is 2.05. The number of carbonyl (C=O) groups is 1. The molecule has 1 aliphatic heterocycles. The molecule has 1 unspecified atom stereocenters. The molecule has 0 aromatic heterocycles. The van der Waals surface area contributed by atoms with E-state index in [1.807, 2.05) is 4.90 Å². The highest BCUT2D eigenvalue weighted by Gasteiger charge is 2.22. The summed E-state index contributed by atoms with van der Waals surface area (Å²) in [6.45, 7) is 2.94. The van der Waals surface area contributed by atoms with Crippen molar-refractivity contribution in [3.63, 3.8) is 0 Å². The molecule has 2 rings (SSSR count). The molecule has 1 saturated heterocycles. The smallest absolute Gasteiger partial charge is 0.161 e. The summed E-state index contributed by atoms with van der Waals surface area (Å²) in [5.74, 6) is -0.0455. The standard InChI is InChI=1S/C14H13N3O2/c1-10(18)11-2-3-12(7-15)14(6-11)17-4-5-19-13(8-16)9-17/h2-3,6,13H,4-5,9H2,1H3. The molecule has 0 radical (unpaired) electrons. The molecule has 0 spiro atoms. The molecule has 96 valence electrons. The third-order valence-electron chi connectivity index (χ3n) is 3.08. The van der Waals surface area contributed by atoms with Crippen LogP contribution in [0.4, 0.5) is 5.69 Å². The minimum atomic E-state index is -0.499. The van der Waals surface area contributed by atoms with Gasteiger partial charge in [0.1, 0.15) is 6.07 Å². The van der Waals surface area contributed by atoms with Gasteiger partial charge in [0.15, 0.2) is 11.9 Å². The maximum Gasteiger partial charge on any atom is 0.161 e. The fraction of sp³-hybridized carbons (Fsp3) is 0.357. The molecule has 0 aliphatic carbocycles. The summed E-state index contributed by atoms with van der Waals surface area (Å²) in [6, 6.07) is 9.18. The molecule has 1 atom stereocenters. The molecule has 0 bridgehead atoms. The Bertz CT molecular complexity index is 583. The molecule has 0 N–H and O–H groups in total. The van der Waals surface area contributed by atoms with Crippen molar-refractivity contribution in [1.82, 2.24) is 0 Å². The van der Waals surface area contributed by atoms with E-state index in [9.17, 15) is 4.79 Å². The molecule has 0 amide bonds. The Balaban J connectivity index is 2.37. The van der Waals surface area contributed by atoms with Crippen LogP contribution in [0.3, 0.4) is 0 Å². The summed E-state index contributed by atoms with van der Waals surface area (Å²) >= 11 is 0. The number of carbonyl (C=O) groups excluding carboxylic acids is 1. The molecule has 1 heterocycles. The highest BCUT2D eigenvalue weighted by Crippen LogP contribution is 2.24. The molecule has 1 aliphatic rings. The van der Waals surface area contributed by atoms with Gasteiger partial charge in [-0.3, -0.25) is 4.79 Å². The number of rotatable bonds is 2. The molecule has 1 fully saturated rings. The summed E-state index contributed by atoms with van der Waals surface area (Å²) in [5, 5.41) is 18.0. The number of benzene rings is 1. The van der Waals surface area contributed by atoms with Crippen molar-refractivity contribution in [2.75, 3.05) is 24.6 Å². The van der Waals surface area contributed by atoms with E-state index in [1.54, 1.807) is 18.2 Å². The number of nitrogens with zero attached hydrogens (tertiary/aromatic N) is 3. The summed E-state index contributed by atoms with van der Waals surface area (Å²) in [5.41, 5.74) is 1.76. The molecule has 19 heavy (non-hydrogen) atoms. The Morgan fingerprint density at radius 1 is 1.47 bits per heavy atom. The first-order valence-corrected chi connectivity index (χ1v) is 5.97. The predicted molar refractivity (Wildman–Crippen MR) is 68.7 cm³/mol. The maximum atomic E-state index is 11.4. The summed E-state index contributed by atoms with van der Waals surface area (Å²) < 4.78 is 5.28. The molecular weight excluding hydrogens is 242 g/mol. The Morgan fingerprint density at radius 3 is 2.89 bits per heavy atom. The topological polar surface area (TPSA) is 77.1 Å². The van der Waals surface area contributed by atoms with E-state index in [0.29, 0.717) is 36.5 Å². The van der Waals surface area contributed by atoms with Gasteiger partial charge < -0.3 is 9.64 Å². The molecule has 5 nitrogen and oxygen atoms in total. The number of hydrogen-bond donors (Lipinski definition) is 0. The van der Waals surface area contributed by atoms with Crippen LogP contribution in [0.5, 0.6) is 0 Å². The van der Waals surface area contributed by atoms with Gasteiger partial charge in [0, 0.05) is 12.1 Å². The second-order valence-corrected chi connectivity index (χ2v) is 4.33. The Hall–Kier alpha value is -2.37. The van der Waals surface area contributed by atoms with E-state index < -0.39 is 6.10 Å². The number of Topliss-reactive ketones (excluding diaryl/α,β-unsaturated/α-hetero) is 1. The number of anilines is 1. The quantitative estimate of drug-likeness (QED) is 0.748. The first kappa shape index (κ1) is 13.1. The van der Waals surface area contributed by atoms with Crippen molar-refractivity contribution in [2.24, 2.45) is 0 Å². The summed E-state index contributed by atoms with van der Waals surface area (Å²) in [6.07, 6.45) is -0.499. The van der Waals surface area contributed by atoms with E-state index in [1.165, 1.54) is 6.92 Å². The average Bonchev–Trinajstić information content (AvgIpc) is 2.46. The van der Waals surface area contributed by atoms with E-state index >= 15 is 0 Å². The normalized spacial score (nSPS) is 18.5. The zero-order valence-electron chi connectivity index (χ0n) is 10.6. The zero-order chi connectivity index (χ0) is 13.8. The van der Waals surface area contributed by atoms with Crippen LogP contribution in [0.2, 0.25) is 0 Å². The summed E-state index contributed by atoms with van der Waals surface area (Å²) in [4.78, 5) is 13.3. The van der Waals surface area contributed by atoms with Crippen LogP contribution >= 0.6 is 0 Å². The van der Waals surface area contributed by atoms with Crippen molar-refractivity contribution in [3.05, 3.63) is 29.3 Å². The lowest BCUT2D eigenvalue weighted by Crippen LogP contribution is -2.42.